The first-order chi connectivity index (χ1) is 4.84. The van der Waals surface area contributed by atoms with Crippen molar-refractivity contribution in [3.05, 3.63) is 7.11 Å². The fourth-order valence-corrected chi connectivity index (χ4v) is 0.820. The summed E-state index contributed by atoms with van der Waals surface area (Å²) in [5.74, 6) is 0. The highest BCUT2D eigenvalue weighted by Gasteiger charge is 2.16. The van der Waals surface area contributed by atoms with Crippen molar-refractivity contribution >= 4 is 6.09 Å². The van der Waals surface area contributed by atoms with Gasteiger partial charge in [0.1, 0.15) is 0 Å². The number of nitrogens with zero attached hydrogens (tertiary/aromatic N) is 1. The minimum atomic E-state index is -0.483. The van der Waals surface area contributed by atoms with Gasteiger partial charge in [-0.15, -0.1) is 0 Å². The van der Waals surface area contributed by atoms with Crippen LogP contribution in [0.25, 0.3) is 0 Å². The van der Waals surface area contributed by atoms with Crippen LogP contribution < -0.4 is 0 Å². The Labute approximate surface area is 59.7 Å². The van der Waals surface area contributed by atoms with E-state index in [9.17, 15) is 4.79 Å². The van der Waals surface area contributed by atoms with Gasteiger partial charge in [0.25, 0.3) is 0 Å². The van der Waals surface area contributed by atoms with Crippen LogP contribution in [0, 0.1) is 7.11 Å². The van der Waals surface area contributed by atoms with E-state index in [1.54, 1.807) is 0 Å². The first-order valence-electron chi connectivity index (χ1n) is 3.08. The monoisotopic (exact) mass is 143 g/mol. The molecular formula is C6H9NO3. The zero-order chi connectivity index (χ0) is 7.40. The molecule has 0 bridgehead atoms. The maximum Gasteiger partial charge on any atom is 0.410 e. The fraction of sp³-hybridized carbons (Fsp3) is 0.667. The number of hydrogen-bond acceptors (Lipinski definition) is 3. The van der Waals surface area contributed by atoms with Crippen molar-refractivity contribution in [2.75, 3.05) is 26.3 Å². The third-order valence-corrected chi connectivity index (χ3v) is 1.37. The van der Waals surface area contributed by atoms with Crippen molar-refractivity contribution in [1.82, 2.24) is 4.90 Å². The van der Waals surface area contributed by atoms with E-state index in [2.05, 4.69) is 11.8 Å². The number of morpholine rings is 1. The van der Waals surface area contributed by atoms with Gasteiger partial charge in [0.15, 0.2) is 7.11 Å². The zero-order valence-electron chi connectivity index (χ0n) is 5.58. The second-order valence-electron chi connectivity index (χ2n) is 1.98. The van der Waals surface area contributed by atoms with Crippen molar-refractivity contribution in [2.45, 2.75) is 0 Å². The molecule has 10 heavy (non-hydrogen) atoms. The van der Waals surface area contributed by atoms with Crippen molar-refractivity contribution in [1.29, 1.82) is 0 Å². The van der Waals surface area contributed by atoms with Crippen molar-refractivity contribution in [3.63, 3.8) is 0 Å². The third kappa shape index (κ3) is 1.60. The van der Waals surface area contributed by atoms with Crippen LogP contribution in [0.5, 0.6) is 0 Å². The summed E-state index contributed by atoms with van der Waals surface area (Å²) < 4.78 is 9.03. The highest BCUT2D eigenvalue weighted by Crippen LogP contribution is 1.98. The number of amides is 1. The van der Waals surface area contributed by atoms with E-state index in [0.29, 0.717) is 26.3 Å². The number of hydrogen-bond donors (Lipinski definition) is 0. The van der Waals surface area contributed by atoms with E-state index in [1.165, 1.54) is 4.90 Å². The normalized spacial score (nSPS) is 18.7. The summed E-state index contributed by atoms with van der Waals surface area (Å²) in [5.41, 5.74) is 0. The van der Waals surface area contributed by atoms with Gasteiger partial charge in [-0.25, -0.2) is 4.79 Å². The topological polar surface area (TPSA) is 38.8 Å². The van der Waals surface area contributed by atoms with Crippen molar-refractivity contribution < 1.29 is 14.3 Å². The van der Waals surface area contributed by atoms with Crippen LogP contribution in [0.2, 0.25) is 0 Å². The summed E-state index contributed by atoms with van der Waals surface area (Å²) in [6.45, 7) is 2.26. The van der Waals surface area contributed by atoms with Gasteiger partial charge in [-0.3, -0.25) is 0 Å². The molecule has 1 aliphatic rings. The average Bonchev–Trinajstić information content (AvgIpc) is 2.05. The lowest BCUT2D eigenvalue weighted by Crippen LogP contribution is -2.40. The van der Waals surface area contributed by atoms with Gasteiger partial charge in [0.2, 0.25) is 0 Å². The van der Waals surface area contributed by atoms with Crippen LogP contribution in [-0.2, 0) is 9.47 Å². The zero-order valence-corrected chi connectivity index (χ0v) is 5.58. The SMILES string of the molecule is [CH]OC(=O)N1CCOCC1. The molecule has 0 atom stereocenters. The van der Waals surface area contributed by atoms with Gasteiger partial charge in [-0.05, 0) is 0 Å². The molecule has 0 saturated carbocycles. The Bertz CT molecular complexity index is 120. The summed E-state index contributed by atoms with van der Waals surface area (Å²) in [5, 5.41) is 0. The van der Waals surface area contributed by atoms with E-state index in [1.807, 2.05) is 0 Å². The largest absolute Gasteiger partial charge is 0.438 e. The van der Waals surface area contributed by atoms with E-state index in [0.717, 1.165) is 0 Å². The standard InChI is InChI=1S/C6H9NO3/c1-9-6(8)7-2-4-10-5-3-7/h1H,2-5H2. The highest BCUT2D eigenvalue weighted by atomic mass is 16.5. The Balaban J connectivity index is 2.31. The smallest absolute Gasteiger partial charge is 0.410 e. The van der Waals surface area contributed by atoms with Crippen LogP contribution in [0.1, 0.15) is 0 Å². The quantitative estimate of drug-likeness (QED) is 0.483. The minimum Gasteiger partial charge on any atom is -0.438 e. The van der Waals surface area contributed by atoms with Crippen LogP contribution in [0.15, 0.2) is 0 Å². The lowest BCUT2D eigenvalue weighted by Gasteiger charge is -2.24. The van der Waals surface area contributed by atoms with Crippen molar-refractivity contribution in [2.24, 2.45) is 0 Å². The predicted molar refractivity (Wildman–Crippen MR) is 33.2 cm³/mol. The van der Waals surface area contributed by atoms with Gasteiger partial charge in [-0.2, -0.15) is 0 Å². The molecule has 1 fully saturated rings. The van der Waals surface area contributed by atoms with E-state index >= 15 is 0 Å². The molecule has 1 amide bonds. The number of rotatable bonds is 0. The molecule has 0 spiro atoms. The second-order valence-corrected chi connectivity index (χ2v) is 1.98. The second kappa shape index (κ2) is 3.41. The van der Waals surface area contributed by atoms with Gasteiger partial charge in [-0.1, -0.05) is 0 Å². The maximum atomic E-state index is 10.7. The Morgan fingerprint density at radius 2 is 2.10 bits per heavy atom. The van der Waals surface area contributed by atoms with E-state index in [-0.39, 0.29) is 0 Å². The minimum absolute atomic E-state index is 0.483. The first kappa shape index (κ1) is 7.34. The maximum absolute atomic E-state index is 10.7. The average molecular weight is 143 g/mol. The summed E-state index contributed by atoms with van der Waals surface area (Å²) in [4.78, 5) is 12.2. The summed E-state index contributed by atoms with van der Waals surface area (Å²) in [6, 6.07) is 0. The Morgan fingerprint density at radius 1 is 1.50 bits per heavy atom. The molecule has 2 radical (unpaired) electrons. The molecular weight excluding hydrogens is 134 g/mol. The molecule has 1 heterocycles. The molecule has 0 N–H and O–H groups in total. The number of carbonyl (C=O) groups excluding carboxylic acids is 1. The molecule has 1 saturated heterocycles. The predicted octanol–water partition coefficient (Wildman–Crippen LogP) is 0.124. The van der Waals surface area contributed by atoms with Crippen LogP contribution in [0.4, 0.5) is 4.79 Å². The summed E-state index contributed by atoms with van der Waals surface area (Å²) in [7, 11) is 4.67. The lowest BCUT2D eigenvalue weighted by molar-refractivity contribution is 0.0367. The van der Waals surface area contributed by atoms with Crippen LogP contribution >= 0.6 is 0 Å². The van der Waals surface area contributed by atoms with Gasteiger partial charge in [0, 0.05) is 13.1 Å². The number of carbonyl (C=O) groups is 1. The molecule has 56 valence electrons. The molecule has 0 aromatic rings. The molecule has 0 aromatic carbocycles. The highest BCUT2D eigenvalue weighted by molar-refractivity contribution is 5.67. The summed E-state index contributed by atoms with van der Waals surface area (Å²) in [6.07, 6.45) is -0.483. The molecule has 4 heteroatoms. The molecule has 4 nitrogen and oxygen atoms in total. The Morgan fingerprint density at radius 3 is 2.60 bits per heavy atom. The van der Waals surface area contributed by atoms with E-state index in [4.69, 9.17) is 4.74 Å². The Kier molecular flexibility index (Phi) is 2.50. The third-order valence-electron chi connectivity index (χ3n) is 1.37. The van der Waals surface area contributed by atoms with Crippen molar-refractivity contribution in [3.8, 4) is 0 Å². The van der Waals surface area contributed by atoms with Gasteiger partial charge in [0.05, 0.1) is 13.2 Å². The van der Waals surface area contributed by atoms with E-state index < -0.39 is 6.09 Å². The molecule has 1 aliphatic heterocycles. The van der Waals surface area contributed by atoms with Gasteiger partial charge < -0.3 is 14.4 Å². The first-order valence-corrected chi connectivity index (χ1v) is 3.08. The lowest BCUT2D eigenvalue weighted by atomic mass is 10.5. The number of ether oxygens (including phenoxy) is 2. The summed E-state index contributed by atoms with van der Waals surface area (Å²) >= 11 is 0. The molecule has 0 aromatic heterocycles. The van der Waals surface area contributed by atoms with Gasteiger partial charge >= 0.3 is 6.09 Å². The Hall–Kier alpha value is -0.770. The van der Waals surface area contributed by atoms with Crippen LogP contribution in [-0.4, -0.2) is 37.3 Å². The van der Waals surface area contributed by atoms with Crippen LogP contribution in [0.3, 0.4) is 0 Å². The molecule has 0 aliphatic carbocycles. The fourth-order valence-electron chi connectivity index (χ4n) is 0.820. The molecule has 1 rings (SSSR count). The molecule has 0 unspecified atom stereocenters.